The van der Waals surface area contributed by atoms with Gasteiger partial charge in [-0.1, -0.05) is 30.7 Å². The number of ether oxygens (including phenoxy) is 1. The summed E-state index contributed by atoms with van der Waals surface area (Å²) >= 11 is 6.08. The van der Waals surface area contributed by atoms with E-state index in [9.17, 15) is 14.7 Å². The van der Waals surface area contributed by atoms with Gasteiger partial charge in [-0.25, -0.2) is 9.59 Å². The number of rotatable bonds is 5. The number of carbonyl (C=O) groups excluding carboxylic acids is 1. The van der Waals surface area contributed by atoms with Crippen molar-refractivity contribution in [2.24, 2.45) is 5.41 Å². The lowest BCUT2D eigenvalue weighted by Gasteiger charge is -2.31. The molecule has 0 aliphatic heterocycles. The van der Waals surface area contributed by atoms with Gasteiger partial charge in [-0.2, -0.15) is 0 Å². The van der Waals surface area contributed by atoms with E-state index >= 15 is 0 Å². The number of carboxylic acid groups (broad SMARTS) is 1. The van der Waals surface area contributed by atoms with Crippen molar-refractivity contribution in [1.82, 2.24) is 5.32 Å². The van der Waals surface area contributed by atoms with Gasteiger partial charge in [-0.05, 0) is 56.7 Å². The SMILES string of the molecule is CC(C)(C)OC(=O)N[C@H](C(=O)O)C(c1cccc(Cl)c1)C1(C)CC1. The molecule has 1 fully saturated rings. The number of carbonyl (C=O) groups is 2. The van der Waals surface area contributed by atoms with Crippen molar-refractivity contribution < 1.29 is 19.4 Å². The zero-order valence-corrected chi connectivity index (χ0v) is 15.2. The van der Waals surface area contributed by atoms with Crippen LogP contribution >= 0.6 is 11.6 Å². The molecule has 132 valence electrons. The summed E-state index contributed by atoms with van der Waals surface area (Å²) in [5.74, 6) is -1.46. The van der Waals surface area contributed by atoms with Crippen LogP contribution in [0.3, 0.4) is 0 Å². The highest BCUT2D eigenvalue weighted by molar-refractivity contribution is 6.30. The summed E-state index contributed by atoms with van der Waals surface area (Å²) in [4.78, 5) is 24.0. The van der Waals surface area contributed by atoms with Gasteiger partial charge in [0.2, 0.25) is 0 Å². The summed E-state index contributed by atoms with van der Waals surface area (Å²) in [5.41, 5.74) is -0.0590. The number of alkyl carbamates (subject to hydrolysis) is 1. The molecule has 1 unspecified atom stereocenters. The first-order valence-corrected chi connectivity index (χ1v) is 8.37. The van der Waals surface area contributed by atoms with Gasteiger partial charge >= 0.3 is 12.1 Å². The number of hydrogen-bond donors (Lipinski definition) is 2. The molecule has 6 heteroatoms. The maximum atomic E-state index is 12.1. The number of halogens is 1. The smallest absolute Gasteiger partial charge is 0.408 e. The van der Waals surface area contributed by atoms with Crippen molar-refractivity contribution in [2.75, 3.05) is 0 Å². The molecule has 0 aromatic heterocycles. The number of carboxylic acids is 1. The molecule has 5 nitrogen and oxygen atoms in total. The predicted octanol–water partition coefficient (Wildman–Crippen LogP) is 4.20. The first-order chi connectivity index (χ1) is 11.0. The molecule has 0 radical (unpaired) electrons. The van der Waals surface area contributed by atoms with Crippen molar-refractivity contribution in [2.45, 2.75) is 58.1 Å². The number of benzene rings is 1. The second-order valence-corrected chi connectivity index (χ2v) is 8.09. The van der Waals surface area contributed by atoms with Crippen LogP contribution in [-0.4, -0.2) is 28.8 Å². The van der Waals surface area contributed by atoms with E-state index in [1.165, 1.54) is 0 Å². The standard InChI is InChI=1S/C18H24ClNO4/c1-17(2,3)24-16(23)20-14(15(21)22)13(18(4)8-9-18)11-6-5-7-12(19)10-11/h5-7,10,13-14H,8-9H2,1-4H3,(H,20,23)(H,21,22)/t13?,14-/m0/s1. The highest BCUT2D eigenvalue weighted by atomic mass is 35.5. The third-order valence-corrected chi connectivity index (χ3v) is 4.50. The van der Waals surface area contributed by atoms with Crippen molar-refractivity contribution in [3.05, 3.63) is 34.9 Å². The van der Waals surface area contributed by atoms with E-state index in [1.54, 1.807) is 39.0 Å². The summed E-state index contributed by atoms with van der Waals surface area (Å²) in [7, 11) is 0. The molecule has 0 bridgehead atoms. The Bertz CT molecular complexity index is 634. The fraction of sp³-hybridized carbons (Fsp3) is 0.556. The Kier molecular flexibility index (Phi) is 5.14. The minimum Gasteiger partial charge on any atom is -0.480 e. The van der Waals surface area contributed by atoms with Gasteiger partial charge in [0.05, 0.1) is 0 Å². The Balaban J connectivity index is 2.31. The Morgan fingerprint density at radius 3 is 2.42 bits per heavy atom. The summed E-state index contributed by atoms with van der Waals surface area (Å²) in [6, 6.07) is 6.08. The van der Waals surface area contributed by atoms with Gasteiger partial charge in [0, 0.05) is 10.9 Å². The van der Waals surface area contributed by atoms with E-state index in [2.05, 4.69) is 5.32 Å². The molecule has 1 aromatic rings. The van der Waals surface area contributed by atoms with Crippen LogP contribution in [0.1, 0.15) is 52.0 Å². The van der Waals surface area contributed by atoms with Crippen molar-refractivity contribution in [1.29, 1.82) is 0 Å². The number of amides is 1. The van der Waals surface area contributed by atoms with Crippen molar-refractivity contribution in [3.63, 3.8) is 0 Å². The van der Waals surface area contributed by atoms with Crippen LogP contribution in [0.5, 0.6) is 0 Å². The van der Waals surface area contributed by atoms with Crippen LogP contribution in [0.2, 0.25) is 5.02 Å². The Labute approximate surface area is 147 Å². The molecule has 1 aliphatic rings. The quantitative estimate of drug-likeness (QED) is 0.831. The largest absolute Gasteiger partial charge is 0.480 e. The molecule has 1 aromatic carbocycles. The Morgan fingerprint density at radius 2 is 1.96 bits per heavy atom. The first-order valence-electron chi connectivity index (χ1n) is 8.00. The topological polar surface area (TPSA) is 75.6 Å². The number of hydrogen-bond acceptors (Lipinski definition) is 3. The molecule has 2 atom stereocenters. The highest BCUT2D eigenvalue weighted by Crippen LogP contribution is 2.57. The molecule has 2 rings (SSSR count). The summed E-state index contributed by atoms with van der Waals surface area (Å²) in [6.45, 7) is 7.24. The maximum Gasteiger partial charge on any atom is 0.408 e. The molecule has 1 saturated carbocycles. The third kappa shape index (κ3) is 4.63. The summed E-state index contributed by atoms with van der Waals surface area (Å²) < 4.78 is 5.22. The molecule has 0 spiro atoms. The maximum absolute atomic E-state index is 12.1. The van der Waals surface area contributed by atoms with Crippen LogP contribution in [0, 0.1) is 5.41 Å². The van der Waals surface area contributed by atoms with Crippen LogP contribution in [0.4, 0.5) is 4.79 Å². The molecular formula is C18H24ClNO4. The minimum absolute atomic E-state index is 0.178. The molecule has 0 saturated heterocycles. The van der Waals surface area contributed by atoms with Gasteiger partial charge < -0.3 is 15.2 Å². The van der Waals surface area contributed by atoms with Crippen molar-refractivity contribution >= 4 is 23.7 Å². The lowest BCUT2D eigenvalue weighted by molar-refractivity contribution is -0.140. The van der Waals surface area contributed by atoms with Gasteiger partial charge in [-0.15, -0.1) is 0 Å². The zero-order chi connectivity index (χ0) is 18.1. The zero-order valence-electron chi connectivity index (χ0n) is 14.4. The first kappa shape index (κ1) is 18.6. The molecule has 0 heterocycles. The molecule has 1 amide bonds. The van der Waals surface area contributed by atoms with Crippen LogP contribution in [-0.2, 0) is 9.53 Å². The second-order valence-electron chi connectivity index (χ2n) is 7.65. The molecule has 1 aliphatic carbocycles. The third-order valence-electron chi connectivity index (χ3n) is 4.27. The van der Waals surface area contributed by atoms with Gasteiger partial charge in [0.25, 0.3) is 0 Å². The van der Waals surface area contributed by atoms with E-state index in [4.69, 9.17) is 16.3 Å². The minimum atomic E-state index is -1.08. The van der Waals surface area contributed by atoms with Gasteiger partial charge in [0.15, 0.2) is 0 Å². The Morgan fingerprint density at radius 1 is 1.33 bits per heavy atom. The average molecular weight is 354 g/mol. The van der Waals surface area contributed by atoms with E-state index in [0.29, 0.717) is 5.02 Å². The van der Waals surface area contributed by atoms with E-state index < -0.39 is 23.7 Å². The predicted molar refractivity (Wildman–Crippen MR) is 92.3 cm³/mol. The van der Waals surface area contributed by atoms with E-state index in [1.807, 2.05) is 13.0 Å². The van der Waals surface area contributed by atoms with Crippen LogP contribution < -0.4 is 5.32 Å². The molecule has 2 N–H and O–H groups in total. The van der Waals surface area contributed by atoms with E-state index in [0.717, 1.165) is 18.4 Å². The second kappa shape index (κ2) is 6.63. The number of nitrogens with one attached hydrogen (secondary N) is 1. The summed E-state index contributed by atoms with van der Waals surface area (Å²) in [6.07, 6.45) is 1.08. The lowest BCUT2D eigenvalue weighted by atomic mass is 9.79. The van der Waals surface area contributed by atoms with Crippen LogP contribution in [0.25, 0.3) is 0 Å². The average Bonchev–Trinajstić information content (AvgIpc) is 3.14. The molecule has 24 heavy (non-hydrogen) atoms. The lowest BCUT2D eigenvalue weighted by Crippen LogP contribution is -2.48. The van der Waals surface area contributed by atoms with Gasteiger partial charge in [-0.3, -0.25) is 0 Å². The Hall–Kier alpha value is -1.75. The number of aliphatic carboxylic acids is 1. The summed E-state index contributed by atoms with van der Waals surface area (Å²) in [5, 5.41) is 12.8. The monoisotopic (exact) mass is 353 g/mol. The normalized spacial score (nSPS) is 18.4. The fourth-order valence-corrected chi connectivity index (χ4v) is 3.13. The highest BCUT2D eigenvalue weighted by Gasteiger charge is 2.51. The van der Waals surface area contributed by atoms with Gasteiger partial charge in [0.1, 0.15) is 11.6 Å². The van der Waals surface area contributed by atoms with E-state index in [-0.39, 0.29) is 11.3 Å². The van der Waals surface area contributed by atoms with Crippen LogP contribution in [0.15, 0.2) is 24.3 Å². The fourth-order valence-electron chi connectivity index (χ4n) is 2.93. The molecular weight excluding hydrogens is 330 g/mol. The van der Waals surface area contributed by atoms with Crippen molar-refractivity contribution in [3.8, 4) is 0 Å².